The molecule has 0 spiro atoms. The van der Waals surface area contributed by atoms with E-state index in [1.807, 2.05) is 26.0 Å². The Morgan fingerprint density at radius 2 is 1.67 bits per heavy atom. The number of anilines is 1. The van der Waals surface area contributed by atoms with Crippen molar-refractivity contribution in [2.45, 2.75) is 34.1 Å². The Kier molecular flexibility index (Phi) is 7.13. The second kappa shape index (κ2) is 10.1. The molecule has 36 heavy (non-hydrogen) atoms. The van der Waals surface area contributed by atoms with E-state index < -0.39 is 17.8 Å². The number of halogens is 1. The fourth-order valence-electron chi connectivity index (χ4n) is 4.46. The maximum absolute atomic E-state index is 13.4. The van der Waals surface area contributed by atoms with Crippen LogP contribution in [0, 0.1) is 27.7 Å². The SMILES string of the molecule is COc1cc(/C=C2\C(=O)NC(=O)N(c3cccc(C)c3C)C2=O)cc(Br)c1Cc1cc(C)cc(C)c1. The molecule has 4 amide bonds. The van der Waals surface area contributed by atoms with Crippen LogP contribution in [0.3, 0.4) is 0 Å². The molecular weight excluding hydrogens is 520 g/mol. The maximum Gasteiger partial charge on any atom is 0.335 e. The van der Waals surface area contributed by atoms with Crippen molar-refractivity contribution in [3.05, 3.63) is 97.5 Å². The third-order valence-electron chi connectivity index (χ3n) is 6.29. The first kappa shape index (κ1) is 25.4. The van der Waals surface area contributed by atoms with E-state index >= 15 is 0 Å². The third kappa shape index (κ3) is 4.97. The molecule has 184 valence electrons. The zero-order chi connectivity index (χ0) is 26.1. The first-order valence-corrected chi connectivity index (χ1v) is 12.3. The maximum atomic E-state index is 13.4. The molecule has 0 radical (unpaired) electrons. The van der Waals surface area contributed by atoms with Gasteiger partial charge in [0, 0.05) is 16.5 Å². The molecule has 0 unspecified atom stereocenters. The zero-order valence-electron chi connectivity index (χ0n) is 20.9. The van der Waals surface area contributed by atoms with E-state index in [-0.39, 0.29) is 5.57 Å². The lowest BCUT2D eigenvalue weighted by Gasteiger charge is -2.28. The van der Waals surface area contributed by atoms with E-state index in [1.165, 1.54) is 17.2 Å². The molecule has 1 saturated heterocycles. The number of barbiturate groups is 1. The molecule has 3 aromatic rings. The van der Waals surface area contributed by atoms with Crippen LogP contribution in [0.5, 0.6) is 5.75 Å². The highest BCUT2D eigenvalue weighted by atomic mass is 79.9. The fourth-order valence-corrected chi connectivity index (χ4v) is 5.06. The molecule has 1 heterocycles. The normalized spacial score (nSPS) is 14.9. The van der Waals surface area contributed by atoms with Crippen LogP contribution in [-0.2, 0) is 16.0 Å². The quantitative estimate of drug-likeness (QED) is 0.317. The molecule has 0 aliphatic carbocycles. The van der Waals surface area contributed by atoms with Crippen molar-refractivity contribution in [1.82, 2.24) is 5.32 Å². The lowest BCUT2D eigenvalue weighted by Crippen LogP contribution is -2.54. The molecule has 0 aromatic heterocycles. The molecule has 0 atom stereocenters. The van der Waals surface area contributed by atoms with Crippen molar-refractivity contribution in [3.8, 4) is 5.75 Å². The number of aryl methyl sites for hydroxylation is 3. The lowest BCUT2D eigenvalue weighted by atomic mass is 9.98. The summed E-state index contributed by atoms with van der Waals surface area (Å²) in [6.45, 7) is 7.87. The van der Waals surface area contributed by atoms with Crippen LogP contribution in [0.15, 0.2) is 58.6 Å². The van der Waals surface area contributed by atoms with Gasteiger partial charge in [-0.1, -0.05) is 57.4 Å². The summed E-state index contributed by atoms with van der Waals surface area (Å²) in [6, 6.07) is 14.6. The summed E-state index contributed by atoms with van der Waals surface area (Å²) in [4.78, 5) is 39.7. The molecule has 1 aliphatic heterocycles. The van der Waals surface area contributed by atoms with E-state index in [4.69, 9.17) is 4.74 Å². The Bertz CT molecular complexity index is 1420. The number of carbonyl (C=O) groups is 3. The summed E-state index contributed by atoms with van der Waals surface area (Å²) in [6.07, 6.45) is 2.13. The lowest BCUT2D eigenvalue weighted by molar-refractivity contribution is -0.122. The van der Waals surface area contributed by atoms with Crippen molar-refractivity contribution in [1.29, 1.82) is 0 Å². The number of hydrogen-bond acceptors (Lipinski definition) is 4. The van der Waals surface area contributed by atoms with Crippen LogP contribution in [-0.4, -0.2) is 25.0 Å². The van der Waals surface area contributed by atoms with Gasteiger partial charge in [-0.05, 0) is 74.2 Å². The molecule has 6 nitrogen and oxygen atoms in total. The zero-order valence-corrected chi connectivity index (χ0v) is 22.4. The summed E-state index contributed by atoms with van der Waals surface area (Å²) in [5.74, 6) is -0.783. The van der Waals surface area contributed by atoms with Crippen LogP contribution in [0.25, 0.3) is 6.08 Å². The summed E-state index contributed by atoms with van der Waals surface area (Å²) >= 11 is 3.64. The van der Waals surface area contributed by atoms with Gasteiger partial charge in [0.15, 0.2) is 0 Å². The Morgan fingerprint density at radius 3 is 2.33 bits per heavy atom. The first-order valence-electron chi connectivity index (χ1n) is 11.5. The van der Waals surface area contributed by atoms with Crippen molar-refractivity contribution in [2.75, 3.05) is 12.0 Å². The summed E-state index contributed by atoms with van der Waals surface area (Å²) < 4.78 is 6.46. The minimum Gasteiger partial charge on any atom is -0.496 e. The molecule has 3 aromatic carbocycles. The highest BCUT2D eigenvalue weighted by Gasteiger charge is 2.37. The molecule has 1 fully saturated rings. The number of rotatable bonds is 5. The molecule has 7 heteroatoms. The fraction of sp³-hybridized carbons (Fsp3) is 0.207. The second-order valence-corrected chi connectivity index (χ2v) is 9.89. The predicted octanol–water partition coefficient (Wildman–Crippen LogP) is 5.95. The Balaban J connectivity index is 1.73. The second-order valence-electron chi connectivity index (χ2n) is 9.03. The van der Waals surface area contributed by atoms with E-state index in [9.17, 15) is 14.4 Å². The molecule has 1 N–H and O–H groups in total. The van der Waals surface area contributed by atoms with Gasteiger partial charge in [-0.3, -0.25) is 14.9 Å². The van der Waals surface area contributed by atoms with Crippen molar-refractivity contribution in [3.63, 3.8) is 0 Å². The van der Waals surface area contributed by atoms with Crippen molar-refractivity contribution < 1.29 is 19.1 Å². The van der Waals surface area contributed by atoms with Gasteiger partial charge in [0.25, 0.3) is 11.8 Å². The topological polar surface area (TPSA) is 75.7 Å². The highest BCUT2D eigenvalue weighted by Crippen LogP contribution is 2.33. The predicted molar refractivity (Wildman–Crippen MR) is 144 cm³/mol. The number of benzene rings is 3. The number of ether oxygens (including phenoxy) is 1. The molecule has 0 saturated carbocycles. The minimum absolute atomic E-state index is 0.133. The van der Waals surface area contributed by atoms with Gasteiger partial charge in [-0.25, -0.2) is 9.69 Å². The summed E-state index contributed by atoms with van der Waals surface area (Å²) in [5.41, 5.74) is 7.11. The molecule has 1 aliphatic rings. The van der Waals surface area contributed by atoms with Gasteiger partial charge in [0.2, 0.25) is 0 Å². The minimum atomic E-state index is -0.765. The van der Waals surface area contributed by atoms with Crippen LogP contribution < -0.4 is 15.0 Å². The van der Waals surface area contributed by atoms with Crippen molar-refractivity contribution in [2.24, 2.45) is 0 Å². The monoisotopic (exact) mass is 546 g/mol. The number of amides is 4. The van der Waals surface area contributed by atoms with E-state index in [0.717, 1.165) is 31.6 Å². The Hall–Kier alpha value is -3.71. The molecular formula is C29H27BrN2O4. The first-order chi connectivity index (χ1) is 17.1. The van der Waals surface area contributed by atoms with E-state index in [2.05, 4.69) is 53.3 Å². The molecule has 4 rings (SSSR count). The number of carbonyl (C=O) groups excluding carboxylic acids is 3. The number of hydrogen-bond donors (Lipinski definition) is 1. The number of nitrogens with zero attached hydrogens (tertiary/aromatic N) is 1. The number of methoxy groups -OCH3 is 1. The highest BCUT2D eigenvalue weighted by molar-refractivity contribution is 9.10. The van der Waals surface area contributed by atoms with Gasteiger partial charge in [-0.2, -0.15) is 0 Å². The third-order valence-corrected chi connectivity index (χ3v) is 7.00. The Labute approximate surface area is 219 Å². The van der Waals surface area contributed by atoms with Crippen LogP contribution in [0.2, 0.25) is 0 Å². The van der Waals surface area contributed by atoms with Gasteiger partial charge >= 0.3 is 6.03 Å². The van der Waals surface area contributed by atoms with Crippen LogP contribution in [0.4, 0.5) is 10.5 Å². The molecule has 0 bridgehead atoms. The number of urea groups is 1. The van der Waals surface area contributed by atoms with Crippen LogP contribution >= 0.6 is 15.9 Å². The van der Waals surface area contributed by atoms with Crippen LogP contribution in [0.1, 0.15) is 38.9 Å². The van der Waals surface area contributed by atoms with Gasteiger partial charge < -0.3 is 4.74 Å². The van der Waals surface area contributed by atoms with Gasteiger partial charge in [0.1, 0.15) is 11.3 Å². The smallest absolute Gasteiger partial charge is 0.335 e. The summed E-state index contributed by atoms with van der Waals surface area (Å²) in [7, 11) is 1.59. The standard InChI is InChI=1S/C29H27BrN2O4/c1-16-9-17(2)11-20(10-16)12-22-24(30)14-21(15-26(22)36-5)13-23-27(33)31-29(35)32(28(23)34)25-8-6-7-18(3)19(25)4/h6-11,13-15H,12H2,1-5H3,(H,31,33,35)/b23-13+. The number of nitrogens with one attached hydrogen (secondary N) is 1. The average Bonchev–Trinajstić information content (AvgIpc) is 2.80. The average molecular weight is 547 g/mol. The number of imide groups is 2. The van der Waals surface area contributed by atoms with Crippen molar-refractivity contribution >= 4 is 45.5 Å². The van der Waals surface area contributed by atoms with E-state index in [1.54, 1.807) is 25.3 Å². The summed E-state index contributed by atoms with van der Waals surface area (Å²) in [5, 5.41) is 2.29. The largest absolute Gasteiger partial charge is 0.496 e. The van der Waals surface area contributed by atoms with Gasteiger partial charge in [0.05, 0.1) is 12.8 Å². The van der Waals surface area contributed by atoms with E-state index in [0.29, 0.717) is 23.4 Å². The van der Waals surface area contributed by atoms with Gasteiger partial charge in [-0.15, -0.1) is 0 Å². The Morgan fingerprint density at radius 1 is 0.972 bits per heavy atom.